The molecule has 0 fully saturated rings. The van der Waals surface area contributed by atoms with Crippen LogP contribution in [0.3, 0.4) is 0 Å². The molecule has 0 N–H and O–H groups in total. The number of benzene rings is 1. The van der Waals surface area contributed by atoms with Crippen molar-refractivity contribution in [3.8, 4) is 0 Å². The van der Waals surface area contributed by atoms with Crippen LogP contribution >= 0.6 is 0 Å². The molecule has 0 saturated carbocycles. The molecule has 0 unspecified atom stereocenters. The van der Waals surface area contributed by atoms with Crippen LogP contribution in [0.15, 0.2) is 42.7 Å². The van der Waals surface area contributed by atoms with Crippen LogP contribution in [0, 0.1) is 5.82 Å². The van der Waals surface area contributed by atoms with Crippen molar-refractivity contribution in [2.45, 2.75) is 6.54 Å². The van der Waals surface area contributed by atoms with Gasteiger partial charge in [0.1, 0.15) is 5.82 Å². The Morgan fingerprint density at radius 1 is 1.11 bits per heavy atom. The van der Waals surface area contributed by atoms with Gasteiger partial charge in [-0.1, -0.05) is 6.07 Å². The third-order valence-electron chi connectivity index (χ3n) is 3.03. The standard InChI is InChI=1S/C14H9FN2O2/c15-11-3-1-2-10-12(11)17(14(19)13(10)18)8-9-4-6-16-7-5-9/h1-7H,8H2. The maximum atomic E-state index is 13.8. The summed E-state index contributed by atoms with van der Waals surface area (Å²) in [5.41, 5.74) is 0.973. The molecule has 94 valence electrons. The third kappa shape index (κ3) is 1.79. The van der Waals surface area contributed by atoms with Crippen molar-refractivity contribution < 1.29 is 14.0 Å². The van der Waals surface area contributed by atoms with Crippen LogP contribution < -0.4 is 4.90 Å². The van der Waals surface area contributed by atoms with E-state index in [1.54, 1.807) is 24.5 Å². The first-order chi connectivity index (χ1) is 9.18. The Labute approximate surface area is 108 Å². The fourth-order valence-electron chi connectivity index (χ4n) is 2.13. The number of carbonyl (C=O) groups excluding carboxylic acids is 2. The molecule has 0 saturated heterocycles. The van der Waals surface area contributed by atoms with Gasteiger partial charge in [0.05, 0.1) is 17.8 Å². The highest BCUT2D eigenvalue weighted by molar-refractivity contribution is 6.52. The Morgan fingerprint density at radius 3 is 2.58 bits per heavy atom. The molecule has 0 atom stereocenters. The number of hydrogen-bond acceptors (Lipinski definition) is 3. The number of Topliss-reactive ketones (excluding diaryl/α,β-unsaturated/α-hetero) is 1. The summed E-state index contributed by atoms with van der Waals surface area (Å²) in [5.74, 6) is -1.92. The van der Waals surface area contributed by atoms with Gasteiger partial charge in [0, 0.05) is 12.4 Å². The Morgan fingerprint density at radius 2 is 1.84 bits per heavy atom. The summed E-state index contributed by atoms with van der Waals surface area (Å²) >= 11 is 0. The van der Waals surface area contributed by atoms with Gasteiger partial charge < -0.3 is 0 Å². The average Bonchev–Trinajstić information content (AvgIpc) is 2.67. The van der Waals surface area contributed by atoms with Crippen molar-refractivity contribution in [1.82, 2.24) is 4.98 Å². The number of hydrogen-bond donors (Lipinski definition) is 0. The summed E-state index contributed by atoms with van der Waals surface area (Å²) in [6, 6.07) is 7.57. The molecule has 4 nitrogen and oxygen atoms in total. The monoisotopic (exact) mass is 256 g/mol. The van der Waals surface area contributed by atoms with E-state index >= 15 is 0 Å². The minimum absolute atomic E-state index is 0.0642. The van der Waals surface area contributed by atoms with Gasteiger partial charge in [-0.05, 0) is 29.8 Å². The zero-order valence-electron chi connectivity index (χ0n) is 9.84. The summed E-state index contributed by atoms with van der Waals surface area (Å²) in [7, 11) is 0. The number of fused-ring (bicyclic) bond motifs is 1. The predicted octanol–water partition coefficient (Wildman–Crippen LogP) is 1.95. The minimum Gasteiger partial charge on any atom is -0.298 e. The first-order valence-corrected chi connectivity index (χ1v) is 5.72. The second-order valence-electron chi connectivity index (χ2n) is 4.21. The quantitative estimate of drug-likeness (QED) is 0.772. The number of ketones is 1. The fraction of sp³-hybridized carbons (Fsp3) is 0.0714. The number of halogens is 1. The van der Waals surface area contributed by atoms with Gasteiger partial charge in [0.25, 0.3) is 11.7 Å². The Balaban J connectivity index is 2.04. The van der Waals surface area contributed by atoms with Gasteiger partial charge in [0.2, 0.25) is 0 Å². The lowest BCUT2D eigenvalue weighted by molar-refractivity contribution is -0.114. The molecule has 1 amide bonds. The van der Waals surface area contributed by atoms with E-state index in [1.807, 2.05) is 0 Å². The summed E-state index contributed by atoms with van der Waals surface area (Å²) < 4.78 is 13.8. The van der Waals surface area contributed by atoms with Crippen LogP contribution in [0.5, 0.6) is 0 Å². The maximum absolute atomic E-state index is 13.8. The lowest BCUT2D eigenvalue weighted by Crippen LogP contribution is -2.29. The number of anilines is 1. The van der Waals surface area contributed by atoms with Crippen LogP contribution in [0.4, 0.5) is 10.1 Å². The second-order valence-corrected chi connectivity index (χ2v) is 4.21. The lowest BCUT2D eigenvalue weighted by atomic mass is 10.1. The molecule has 0 aliphatic carbocycles. The van der Waals surface area contributed by atoms with Gasteiger partial charge in [-0.2, -0.15) is 0 Å². The number of para-hydroxylation sites is 1. The predicted molar refractivity (Wildman–Crippen MR) is 66.2 cm³/mol. The third-order valence-corrected chi connectivity index (χ3v) is 3.03. The molecule has 0 radical (unpaired) electrons. The molecule has 2 aromatic rings. The molecule has 1 aromatic carbocycles. The first-order valence-electron chi connectivity index (χ1n) is 5.72. The van der Waals surface area contributed by atoms with Crippen molar-refractivity contribution in [3.63, 3.8) is 0 Å². The van der Waals surface area contributed by atoms with Crippen molar-refractivity contribution in [2.75, 3.05) is 4.90 Å². The second kappa shape index (κ2) is 4.28. The number of aromatic nitrogens is 1. The summed E-state index contributed by atoms with van der Waals surface area (Å²) in [5, 5.41) is 0. The Kier molecular flexibility index (Phi) is 2.59. The number of rotatable bonds is 2. The summed E-state index contributed by atoms with van der Waals surface area (Å²) in [6.45, 7) is 0.154. The molecule has 0 spiro atoms. The van der Waals surface area contributed by atoms with E-state index in [2.05, 4.69) is 4.98 Å². The van der Waals surface area contributed by atoms with Crippen molar-refractivity contribution in [3.05, 3.63) is 59.7 Å². The Hall–Kier alpha value is -2.56. The molecule has 2 heterocycles. The van der Waals surface area contributed by atoms with Crippen molar-refractivity contribution >= 4 is 17.4 Å². The van der Waals surface area contributed by atoms with Gasteiger partial charge in [-0.3, -0.25) is 19.5 Å². The highest BCUT2D eigenvalue weighted by atomic mass is 19.1. The van der Waals surface area contributed by atoms with E-state index < -0.39 is 17.5 Å². The molecule has 3 rings (SSSR count). The summed E-state index contributed by atoms with van der Waals surface area (Å²) in [6.07, 6.45) is 3.17. The van der Waals surface area contributed by atoms with Crippen LogP contribution in [-0.4, -0.2) is 16.7 Å². The Bertz CT molecular complexity index is 670. The molecule has 5 heteroatoms. The van der Waals surface area contributed by atoms with E-state index in [4.69, 9.17) is 0 Å². The van der Waals surface area contributed by atoms with Gasteiger partial charge in [-0.25, -0.2) is 4.39 Å². The van der Waals surface area contributed by atoms with Crippen LogP contribution in [0.1, 0.15) is 15.9 Å². The minimum atomic E-state index is -0.697. The molecular formula is C14H9FN2O2. The molecule has 1 aromatic heterocycles. The first kappa shape index (κ1) is 11.5. The smallest absolute Gasteiger partial charge is 0.298 e. The largest absolute Gasteiger partial charge is 0.299 e. The molecule has 1 aliphatic heterocycles. The van der Waals surface area contributed by atoms with Crippen molar-refractivity contribution in [2.24, 2.45) is 0 Å². The fourth-order valence-corrected chi connectivity index (χ4v) is 2.13. The average molecular weight is 256 g/mol. The molecule has 1 aliphatic rings. The van der Waals surface area contributed by atoms with E-state index in [0.29, 0.717) is 0 Å². The van der Waals surface area contributed by atoms with Gasteiger partial charge in [0.15, 0.2) is 0 Å². The van der Waals surface area contributed by atoms with Crippen LogP contribution in [-0.2, 0) is 11.3 Å². The molecule has 0 bridgehead atoms. The zero-order chi connectivity index (χ0) is 13.4. The summed E-state index contributed by atoms with van der Waals surface area (Å²) in [4.78, 5) is 28.7. The number of pyridine rings is 1. The van der Waals surface area contributed by atoms with Crippen molar-refractivity contribution in [1.29, 1.82) is 0 Å². The molecule has 19 heavy (non-hydrogen) atoms. The van der Waals surface area contributed by atoms with Crippen LogP contribution in [0.2, 0.25) is 0 Å². The maximum Gasteiger partial charge on any atom is 0.299 e. The van der Waals surface area contributed by atoms with Gasteiger partial charge >= 0.3 is 0 Å². The number of nitrogens with zero attached hydrogens (tertiary/aromatic N) is 2. The number of carbonyl (C=O) groups is 2. The lowest BCUT2D eigenvalue weighted by Gasteiger charge is -2.16. The SMILES string of the molecule is O=C1C(=O)N(Cc2ccncc2)c2c(F)cccc21. The number of amides is 1. The molecular weight excluding hydrogens is 247 g/mol. The highest BCUT2D eigenvalue weighted by Gasteiger charge is 2.37. The highest BCUT2D eigenvalue weighted by Crippen LogP contribution is 2.32. The van der Waals surface area contributed by atoms with Gasteiger partial charge in [-0.15, -0.1) is 0 Å². The van der Waals surface area contributed by atoms with E-state index in [-0.39, 0.29) is 17.8 Å². The topological polar surface area (TPSA) is 50.3 Å². The van der Waals surface area contributed by atoms with E-state index in [1.165, 1.54) is 23.1 Å². The normalized spacial score (nSPS) is 13.8. The zero-order valence-corrected chi connectivity index (χ0v) is 9.84. The van der Waals surface area contributed by atoms with Crippen LogP contribution in [0.25, 0.3) is 0 Å². The van der Waals surface area contributed by atoms with E-state index in [0.717, 1.165) is 5.56 Å². The van der Waals surface area contributed by atoms with E-state index in [9.17, 15) is 14.0 Å².